The van der Waals surface area contributed by atoms with Crippen LogP contribution in [-0.2, 0) is 9.59 Å². The highest BCUT2D eigenvalue weighted by atomic mass is 16.4. The van der Waals surface area contributed by atoms with Gasteiger partial charge in [0.2, 0.25) is 0 Å². The Morgan fingerprint density at radius 1 is 1.06 bits per heavy atom. The van der Waals surface area contributed by atoms with Crippen LogP contribution in [0.25, 0.3) is 0 Å². The molecule has 0 heterocycles. The topological polar surface area (TPSA) is 74.6 Å². The molecular weight excluding hydrogens is 208 g/mol. The summed E-state index contributed by atoms with van der Waals surface area (Å²) >= 11 is 0. The van der Waals surface area contributed by atoms with Gasteiger partial charge in [-0.05, 0) is 31.1 Å². The minimum absolute atomic E-state index is 0.000278. The average molecular weight is 230 g/mol. The van der Waals surface area contributed by atoms with E-state index in [0.29, 0.717) is 12.8 Å². The van der Waals surface area contributed by atoms with Crippen LogP contribution in [0.3, 0.4) is 0 Å². The van der Waals surface area contributed by atoms with Gasteiger partial charge < -0.3 is 10.2 Å². The third-order valence-corrected chi connectivity index (χ3v) is 4.22. The van der Waals surface area contributed by atoms with Crippen molar-refractivity contribution in [3.63, 3.8) is 0 Å². The van der Waals surface area contributed by atoms with Gasteiger partial charge in [-0.2, -0.15) is 0 Å². The summed E-state index contributed by atoms with van der Waals surface area (Å²) in [6, 6.07) is 0. The van der Waals surface area contributed by atoms with E-state index >= 15 is 0 Å². The summed E-state index contributed by atoms with van der Waals surface area (Å²) in [5.74, 6) is -2.51. The average Bonchev–Trinajstić information content (AvgIpc) is 2.18. The molecule has 16 heavy (non-hydrogen) atoms. The molecule has 2 N–H and O–H groups in total. The molecule has 0 aliphatic rings. The first-order valence-electron chi connectivity index (χ1n) is 5.67. The fourth-order valence-corrected chi connectivity index (χ4v) is 2.87. The van der Waals surface area contributed by atoms with Crippen molar-refractivity contribution in [1.82, 2.24) is 0 Å². The second-order valence-electron chi connectivity index (χ2n) is 4.75. The first-order valence-corrected chi connectivity index (χ1v) is 5.67. The summed E-state index contributed by atoms with van der Waals surface area (Å²) in [5.41, 5.74) is -2.45. The second-order valence-corrected chi connectivity index (χ2v) is 4.75. The SMILES string of the molecule is CCC(CC)(C(C)C)C(C)(C(=O)O)C(=O)O. The largest absolute Gasteiger partial charge is 0.480 e. The van der Waals surface area contributed by atoms with E-state index in [-0.39, 0.29) is 5.92 Å². The van der Waals surface area contributed by atoms with Crippen molar-refractivity contribution in [2.75, 3.05) is 0 Å². The molecule has 0 amide bonds. The van der Waals surface area contributed by atoms with Crippen LogP contribution in [0.5, 0.6) is 0 Å². The third kappa shape index (κ3) is 1.81. The number of aliphatic carboxylic acids is 2. The van der Waals surface area contributed by atoms with Crippen LogP contribution in [0.15, 0.2) is 0 Å². The van der Waals surface area contributed by atoms with E-state index in [1.807, 2.05) is 27.7 Å². The van der Waals surface area contributed by atoms with Crippen LogP contribution < -0.4 is 0 Å². The molecule has 0 unspecified atom stereocenters. The highest BCUT2D eigenvalue weighted by Crippen LogP contribution is 2.50. The van der Waals surface area contributed by atoms with Crippen molar-refractivity contribution in [3.05, 3.63) is 0 Å². The maximum Gasteiger partial charge on any atom is 0.321 e. The molecular formula is C12H22O4. The first-order chi connectivity index (χ1) is 7.20. The van der Waals surface area contributed by atoms with Gasteiger partial charge >= 0.3 is 11.9 Å². The number of hydrogen-bond acceptors (Lipinski definition) is 2. The van der Waals surface area contributed by atoms with Crippen molar-refractivity contribution in [2.45, 2.75) is 47.5 Å². The zero-order valence-corrected chi connectivity index (χ0v) is 10.7. The molecule has 0 rings (SSSR count). The Morgan fingerprint density at radius 3 is 1.44 bits per heavy atom. The summed E-state index contributed by atoms with van der Waals surface area (Å²) in [7, 11) is 0. The number of hydrogen-bond donors (Lipinski definition) is 2. The molecule has 0 fully saturated rings. The molecule has 4 nitrogen and oxygen atoms in total. The lowest BCUT2D eigenvalue weighted by Crippen LogP contribution is -2.53. The van der Waals surface area contributed by atoms with Gasteiger partial charge in [-0.15, -0.1) is 0 Å². The Kier molecular flexibility index (Phi) is 4.53. The van der Waals surface area contributed by atoms with E-state index < -0.39 is 22.8 Å². The molecule has 0 saturated heterocycles. The Bertz CT molecular complexity index is 263. The van der Waals surface area contributed by atoms with Gasteiger partial charge in [0, 0.05) is 0 Å². The van der Waals surface area contributed by atoms with Gasteiger partial charge in [-0.25, -0.2) is 0 Å². The molecule has 0 aromatic rings. The van der Waals surface area contributed by atoms with Gasteiger partial charge in [-0.3, -0.25) is 9.59 Å². The van der Waals surface area contributed by atoms with Gasteiger partial charge in [-0.1, -0.05) is 27.7 Å². The fraction of sp³-hybridized carbons (Fsp3) is 0.833. The van der Waals surface area contributed by atoms with E-state index in [9.17, 15) is 19.8 Å². The van der Waals surface area contributed by atoms with Crippen molar-refractivity contribution in [2.24, 2.45) is 16.7 Å². The Balaban J connectivity index is 5.81. The molecule has 0 aliphatic carbocycles. The molecule has 0 spiro atoms. The monoisotopic (exact) mass is 230 g/mol. The van der Waals surface area contributed by atoms with Crippen LogP contribution in [0, 0.1) is 16.7 Å². The molecule has 0 aromatic heterocycles. The number of carbonyl (C=O) groups is 2. The predicted octanol–water partition coefficient (Wildman–Crippen LogP) is 2.62. The van der Waals surface area contributed by atoms with Gasteiger partial charge in [0.15, 0.2) is 5.41 Å². The zero-order valence-electron chi connectivity index (χ0n) is 10.7. The van der Waals surface area contributed by atoms with E-state index in [1.165, 1.54) is 6.92 Å². The van der Waals surface area contributed by atoms with Crippen LogP contribution in [0.2, 0.25) is 0 Å². The van der Waals surface area contributed by atoms with Crippen LogP contribution in [0.1, 0.15) is 47.5 Å². The number of carboxylic acid groups (broad SMARTS) is 2. The normalized spacial score (nSPS) is 12.9. The molecule has 0 aliphatic heterocycles. The van der Waals surface area contributed by atoms with Crippen LogP contribution in [0.4, 0.5) is 0 Å². The van der Waals surface area contributed by atoms with E-state index in [4.69, 9.17) is 0 Å². The molecule has 0 bridgehead atoms. The Hall–Kier alpha value is -1.06. The maximum absolute atomic E-state index is 11.4. The first kappa shape index (κ1) is 14.9. The van der Waals surface area contributed by atoms with Gasteiger partial charge in [0.1, 0.15) is 0 Å². The molecule has 4 heteroatoms. The lowest BCUT2D eigenvalue weighted by molar-refractivity contribution is -0.178. The van der Waals surface area contributed by atoms with E-state index in [2.05, 4.69) is 0 Å². The second kappa shape index (κ2) is 4.85. The summed E-state index contributed by atoms with van der Waals surface area (Å²) in [4.78, 5) is 22.7. The molecule has 0 atom stereocenters. The summed E-state index contributed by atoms with van der Waals surface area (Å²) < 4.78 is 0. The Labute approximate surface area is 96.7 Å². The van der Waals surface area contributed by atoms with Gasteiger partial charge in [0.05, 0.1) is 0 Å². The smallest absolute Gasteiger partial charge is 0.321 e. The van der Waals surface area contributed by atoms with Crippen LogP contribution in [-0.4, -0.2) is 22.2 Å². The molecule has 94 valence electrons. The number of carboxylic acids is 2. The third-order valence-electron chi connectivity index (χ3n) is 4.22. The highest BCUT2D eigenvalue weighted by Gasteiger charge is 2.58. The van der Waals surface area contributed by atoms with Crippen LogP contribution >= 0.6 is 0 Å². The number of rotatable bonds is 6. The lowest BCUT2D eigenvalue weighted by Gasteiger charge is -2.45. The minimum atomic E-state index is -1.73. The van der Waals surface area contributed by atoms with Crippen molar-refractivity contribution in [3.8, 4) is 0 Å². The summed E-state index contributed by atoms with van der Waals surface area (Å²) in [6.07, 6.45) is 1.08. The molecule has 0 aromatic carbocycles. The summed E-state index contributed by atoms with van der Waals surface area (Å²) in [6.45, 7) is 8.81. The predicted molar refractivity (Wildman–Crippen MR) is 61.2 cm³/mol. The van der Waals surface area contributed by atoms with E-state index in [0.717, 1.165) is 0 Å². The van der Waals surface area contributed by atoms with Crippen molar-refractivity contribution in [1.29, 1.82) is 0 Å². The fourth-order valence-electron chi connectivity index (χ4n) is 2.87. The van der Waals surface area contributed by atoms with E-state index in [1.54, 1.807) is 0 Å². The summed E-state index contributed by atoms with van der Waals surface area (Å²) in [5, 5.41) is 18.5. The standard InChI is InChI=1S/C12H22O4/c1-6-12(7-2,8(3)4)11(5,9(13)14)10(15)16/h8H,6-7H2,1-5H3,(H,13,14)(H,15,16). The molecule has 0 saturated carbocycles. The van der Waals surface area contributed by atoms with Crippen molar-refractivity contribution < 1.29 is 19.8 Å². The lowest BCUT2D eigenvalue weighted by atomic mass is 9.56. The highest BCUT2D eigenvalue weighted by molar-refractivity contribution is 5.98. The quantitative estimate of drug-likeness (QED) is 0.688. The Morgan fingerprint density at radius 2 is 1.38 bits per heavy atom. The van der Waals surface area contributed by atoms with Crippen molar-refractivity contribution >= 4 is 11.9 Å². The molecule has 0 radical (unpaired) electrons. The minimum Gasteiger partial charge on any atom is -0.480 e. The van der Waals surface area contributed by atoms with Gasteiger partial charge in [0.25, 0.3) is 0 Å². The maximum atomic E-state index is 11.4. The zero-order chi connectivity index (χ0) is 13.1.